The van der Waals surface area contributed by atoms with Gasteiger partial charge in [0.15, 0.2) is 0 Å². The molecule has 9 heteroatoms. The molecule has 0 fully saturated rings. The highest BCUT2D eigenvalue weighted by Gasteiger charge is 2.31. The number of aromatic nitrogens is 2. The number of rotatable bonds is 6. The van der Waals surface area contributed by atoms with E-state index in [1.165, 1.54) is 12.1 Å². The van der Waals surface area contributed by atoms with Gasteiger partial charge in [0.2, 0.25) is 0 Å². The van der Waals surface area contributed by atoms with Gasteiger partial charge >= 0.3 is 6.36 Å². The van der Waals surface area contributed by atoms with Crippen molar-refractivity contribution in [2.75, 3.05) is 6.54 Å². The molecule has 136 valence electrons. The molecule has 0 saturated carbocycles. The zero-order valence-electron chi connectivity index (χ0n) is 13.4. The number of ether oxygens (including phenoxy) is 1. The summed E-state index contributed by atoms with van der Waals surface area (Å²) < 4.78 is 41.8. The number of alkyl halides is 3. The quantitative estimate of drug-likeness (QED) is 0.704. The zero-order valence-corrected chi connectivity index (χ0v) is 14.2. The van der Waals surface area contributed by atoms with E-state index in [-0.39, 0.29) is 17.2 Å². The summed E-state index contributed by atoms with van der Waals surface area (Å²) in [6.45, 7) is 0.815. The van der Waals surface area contributed by atoms with Crippen LogP contribution in [0.15, 0.2) is 53.4 Å². The van der Waals surface area contributed by atoms with Gasteiger partial charge in [-0.25, -0.2) is 0 Å². The standard InChI is InChI=1S/C17H14F3N3O2S/c18-17(19,20)25-14-3-1-12(2-4-14)16(24)21-7-9-23-8-5-15(22-23)13-6-10-26-11-13/h1-6,8,10-11H,7,9H2,(H,21,24). The number of carbonyl (C=O) groups excluding carboxylic acids is 1. The predicted octanol–water partition coefficient (Wildman–Crippen LogP) is 3.94. The van der Waals surface area contributed by atoms with Gasteiger partial charge < -0.3 is 10.1 Å². The highest BCUT2D eigenvalue weighted by Crippen LogP contribution is 2.22. The first-order chi connectivity index (χ1) is 12.4. The Hall–Kier alpha value is -2.81. The minimum absolute atomic E-state index is 0.249. The second kappa shape index (κ2) is 7.61. The fourth-order valence-corrected chi connectivity index (χ4v) is 2.89. The maximum absolute atomic E-state index is 12.1. The van der Waals surface area contributed by atoms with Crippen molar-refractivity contribution in [3.8, 4) is 17.0 Å². The van der Waals surface area contributed by atoms with Crippen molar-refractivity contribution < 1.29 is 22.7 Å². The lowest BCUT2D eigenvalue weighted by atomic mass is 10.2. The first-order valence-electron chi connectivity index (χ1n) is 7.61. The van der Waals surface area contributed by atoms with Gasteiger partial charge in [-0.3, -0.25) is 9.48 Å². The Morgan fingerprint density at radius 1 is 1.19 bits per heavy atom. The lowest BCUT2D eigenvalue weighted by Crippen LogP contribution is -2.27. The summed E-state index contributed by atoms with van der Waals surface area (Å²) in [5.41, 5.74) is 2.15. The third-order valence-corrected chi connectivity index (χ3v) is 4.12. The van der Waals surface area contributed by atoms with E-state index in [0.717, 1.165) is 23.4 Å². The molecule has 0 aliphatic heterocycles. The molecule has 26 heavy (non-hydrogen) atoms. The topological polar surface area (TPSA) is 56.2 Å². The zero-order chi connectivity index (χ0) is 18.6. The normalized spacial score (nSPS) is 11.3. The average Bonchev–Trinajstić information content (AvgIpc) is 3.25. The number of nitrogens with one attached hydrogen (secondary N) is 1. The Labute approximate surface area is 151 Å². The molecule has 0 atom stereocenters. The van der Waals surface area contributed by atoms with Crippen LogP contribution >= 0.6 is 11.3 Å². The second-order valence-electron chi connectivity index (χ2n) is 5.30. The number of benzene rings is 1. The number of hydrogen-bond donors (Lipinski definition) is 1. The van der Waals surface area contributed by atoms with Gasteiger partial charge in [0, 0.05) is 29.2 Å². The molecule has 3 rings (SSSR count). The van der Waals surface area contributed by atoms with Crippen LogP contribution in [0, 0.1) is 0 Å². The molecule has 2 aromatic heterocycles. The third kappa shape index (κ3) is 4.85. The molecule has 5 nitrogen and oxygen atoms in total. The van der Waals surface area contributed by atoms with E-state index in [9.17, 15) is 18.0 Å². The largest absolute Gasteiger partial charge is 0.573 e. The first-order valence-corrected chi connectivity index (χ1v) is 8.55. The molecule has 3 aromatic rings. The molecule has 1 amide bonds. The van der Waals surface area contributed by atoms with Crippen molar-refractivity contribution in [2.24, 2.45) is 0 Å². The fourth-order valence-electron chi connectivity index (χ4n) is 2.24. The number of amides is 1. The van der Waals surface area contributed by atoms with Crippen molar-refractivity contribution in [1.29, 1.82) is 0 Å². The molecule has 2 heterocycles. The SMILES string of the molecule is O=C(NCCn1ccc(-c2ccsc2)n1)c1ccc(OC(F)(F)F)cc1. The van der Waals surface area contributed by atoms with Gasteiger partial charge in [-0.1, -0.05) is 0 Å². The smallest absolute Gasteiger partial charge is 0.406 e. The van der Waals surface area contributed by atoms with E-state index in [0.29, 0.717) is 13.1 Å². The van der Waals surface area contributed by atoms with E-state index in [4.69, 9.17) is 0 Å². The van der Waals surface area contributed by atoms with Gasteiger partial charge in [0.25, 0.3) is 5.91 Å². The number of hydrogen-bond acceptors (Lipinski definition) is 4. The van der Waals surface area contributed by atoms with Crippen molar-refractivity contribution in [3.63, 3.8) is 0 Å². The maximum Gasteiger partial charge on any atom is 0.573 e. The Morgan fingerprint density at radius 3 is 2.62 bits per heavy atom. The Morgan fingerprint density at radius 2 is 1.96 bits per heavy atom. The average molecular weight is 381 g/mol. The molecular formula is C17H14F3N3O2S. The van der Waals surface area contributed by atoms with Crippen LogP contribution in [0.3, 0.4) is 0 Å². The summed E-state index contributed by atoms with van der Waals surface area (Å²) in [6, 6.07) is 8.62. The molecule has 0 aliphatic rings. The summed E-state index contributed by atoms with van der Waals surface area (Å²) >= 11 is 1.59. The van der Waals surface area contributed by atoms with Crippen molar-refractivity contribution in [1.82, 2.24) is 15.1 Å². The van der Waals surface area contributed by atoms with Crippen LogP contribution in [0.1, 0.15) is 10.4 Å². The maximum atomic E-state index is 12.1. The fraction of sp³-hybridized carbons (Fsp3) is 0.176. The van der Waals surface area contributed by atoms with Gasteiger partial charge in [-0.15, -0.1) is 13.2 Å². The van der Waals surface area contributed by atoms with E-state index in [2.05, 4.69) is 15.2 Å². The van der Waals surface area contributed by atoms with E-state index < -0.39 is 6.36 Å². The first kappa shape index (κ1) is 18.0. The van der Waals surface area contributed by atoms with E-state index in [1.54, 1.807) is 16.0 Å². The molecule has 0 saturated heterocycles. The summed E-state index contributed by atoms with van der Waals surface area (Å²) in [5.74, 6) is -0.750. The molecule has 1 aromatic carbocycles. The van der Waals surface area contributed by atoms with Crippen molar-refractivity contribution in [2.45, 2.75) is 12.9 Å². The predicted molar refractivity (Wildman–Crippen MR) is 91.0 cm³/mol. The lowest BCUT2D eigenvalue weighted by Gasteiger charge is -2.09. The summed E-state index contributed by atoms with van der Waals surface area (Å²) in [4.78, 5) is 12.0. The van der Waals surface area contributed by atoms with Crippen LogP contribution in [0.5, 0.6) is 5.75 Å². The Balaban J connectivity index is 1.50. The highest BCUT2D eigenvalue weighted by molar-refractivity contribution is 7.08. The van der Waals surface area contributed by atoms with Crippen LogP contribution in [0.25, 0.3) is 11.3 Å². The van der Waals surface area contributed by atoms with Crippen LogP contribution in [-0.2, 0) is 6.54 Å². The van der Waals surface area contributed by atoms with Crippen LogP contribution in [0.2, 0.25) is 0 Å². The molecular weight excluding hydrogens is 367 g/mol. The van der Waals surface area contributed by atoms with Gasteiger partial charge in [0.05, 0.1) is 12.2 Å². The molecule has 1 N–H and O–H groups in total. The summed E-state index contributed by atoms with van der Waals surface area (Å²) in [5, 5.41) is 11.1. The van der Waals surface area contributed by atoms with Crippen LogP contribution < -0.4 is 10.1 Å². The number of carbonyl (C=O) groups is 1. The highest BCUT2D eigenvalue weighted by atomic mass is 32.1. The van der Waals surface area contributed by atoms with E-state index >= 15 is 0 Å². The number of halogens is 3. The lowest BCUT2D eigenvalue weighted by molar-refractivity contribution is -0.274. The van der Waals surface area contributed by atoms with Gasteiger partial charge in [0.1, 0.15) is 5.75 Å². The Bertz CT molecular complexity index is 858. The third-order valence-electron chi connectivity index (χ3n) is 3.43. The van der Waals surface area contributed by atoms with Gasteiger partial charge in [-0.05, 0) is 41.8 Å². The molecule has 0 bridgehead atoms. The molecule has 0 aliphatic carbocycles. The summed E-state index contributed by atoms with van der Waals surface area (Å²) in [6.07, 6.45) is -2.93. The molecule has 0 radical (unpaired) electrons. The monoisotopic (exact) mass is 381 g/mol. The molecule has 0 unspecified atom stereocenters. The van der Waals surface area contributed by atoms with Crippen molar-refractivity contribution >= 4 is 17.2 Å². The summed E-state index contributed by atoms with van der Waals surface area (Å²) in [7, 11) is 0. The second-order valence-corrected chi connectivity index (χ2v) is 6.08. The number of nitrogens with zero attached hydrogens (tertiary/aromatic N) is 2. The minimum atomic E-state index is -4.75. The van der Waals surface area contributed by atoms with Crippen molar-refractivity contribution in [3.05, 3.63) is 58.9 Å². The molecule has 0 spiro atoms. The van der Waals surface area contributed by atoms with Crippen LogP contribution in [-0.4, -0.2) is 28.6 Å². The Kier molecular flexibility index (Phi) is 5.27. The minimum Gasteiger partial charge on any atom is -0.406 e. The number of thiophene rings is 1. The van der Waals surface area contributed by atoms with Crippen LogP contribution in [0.4, 0.5) is 13.2 Å². The van der Waals surface area contributed by atoms with E-state index in [1.807, 2.05) is 29.1 Å². The van der Waals surface area contributed by atoms with Gasteiger partial charge in [-0.2, -0.15) is 16.4 Å².